The molecule has 0 aliphatic carbocycles. The van der Waals surface area contributed by atoms with E-state index in [0.29, 0.717) is 13.0 Å². The van der Waals surface area contributed by atoms with Crippen molar-refractivity contribution in [3.05, 3.63) is 17.5 Å². The Hall–Kier alpha value is -1.61. The number of hydrogen-bond acceptors (Lipinski definition) is 4. The Bertz CT molecular complexity index is 592. The topological polar surface area (TPSA) is 53.4 Å². The van der Waals surface area contributed by atoms with Gasteiger partial charge >= 0.3 is 6.18 Å². The lowest BCUT2D eigenvalue weighted by atomic mass is 10.2. The van der Waals surface area contributed by atoms with Gasteiger partial charge in [-0.3, -0.25) is 9.48 Å². The van der Waals surface area contributed by atoms with Gasteiger partial charge in [0.1, 0.15) is 0 Å². The molecule has 0 bridgehead atoms. The summed E-state index contributed by atoms with van der Waals surface area (Å²) < 4.78 is 40.8. The van der Waals surface area contributed by atoms with Crippen LogP contribution in [0.5, 0.6) is 0 Å². The van der Waals surface area contributed by atoms with Gasteiger partial charge in [-0.2, -0.15) is 18.3 Å². The summed E-state index contributed by atoms with van der Waals surface area (Å²) in [4.78, 5) is 16.9. The number of nitrogens with zero attached hydrogens (tertiary/aromatic N) is 4. The summed E-state index contributed by atoms with van der Waals surface area (Å²) in [6.07, 6.45) is -2.91. The standard InChI is InChI=1S/C17H28F3N5O/c1-4-23-8-10-24(11-9-23)7-5-6-21-16(26)14-12-22-25(13(2)3)15(14)17(18,19)20/h12-13H,4-11H2,1-3H3,(H,21,26). The van der Waals surface area contributed by atoms with Crippen LogP contribution in [0.2, 0.25) is 0 Å². The van der Waals surface area contributed by atoms with Gasteiger partial charge < -0.3 is 15.1 Å². The van der Waals surface area contributed by atoms with E-state index in [1.54, 1.807) is 13.8 Å². The maximum atomic E-state index is 13.3. The van der Waals surface area contributed by atoms with Crippen molar-refractivity contribution in [1.29, 1.82) is 0 Å². The van der Waals surface area contributed by atoms with E-state index in [-0.39, 0.29) is 0 Å². The van der Waals surface area contributed by atoms with Gasteiger partial charge in [-0.05, 0) is 33.4 Å². The van der Waals surface area contributed by atoms with E-state index < -0.39 is 29.4 Å². The lowest BCUT2D eigenvalue weighted by Gasteiger charge is -2.33. The molecule has 1 aromatic rings. The van der Waals surface area contributed by atoms with Crippen molar-refractivity contribution in [3.8, 4) is 0 Å². The molecule has 148 valence electrons. The van der Waals surface area contributed by atoms with Gasteiger partial charge in [-0.25, -0.2) is 0 Å². The minimum Gasteiger partial charge on any atom is -0.352 e. The fourth-order valence-electron chi connectivity index (χ4n) is 3.13. The normalized spacial score (nSPS) is 17.0. The second-order valence-electron chi connectivity index (χ2n) is 6.83. The van der Waals surface area contributed by atoms with E-state index in [4.69, 9.17) is 0 Å². The monoisotopic (exact) mass is 375 g/mol. The summed E-state index contributed by atoms with van der Waals surface area (Å²) in [6, 6.07) is -0.477. The van der Waals surface area contributed by atoms with Crippen LogP contribution >= 0.6 is 0 Å². The molecule has 0 spiro atoms. The van der Waals surface area contributed by atoms with Gasteiger partial charge in [0.25, 0.3) is 5.91 Å². The number of nitrogens with one attached hydrogen (secondary N) is 1. The number of amides is 1. The highest BCUT2D eigenvalue weighted by atomic mass is 19.4. The zero-order valence-electron chi connectivity index (χ0n) is 15.6. The quantitative estimate of drug-likeness (QED) is 0.743. The van der Waals surface area contributed by atoms with E-state index in [1.165, 1.54) is 0 Å². The van der Waals surface area contributed by atoms with Gasteiger partial charge in [0, 0.05) is 38.8 Å². The molecule has 1 aliphatic heterocycles. The second kappa shape index (κ2) is 8.85. The summed E-state index contributed by atoms with van der Waals surface area (Å²) in [6.45, 7) is 11.6. The molecule has 0 atom stereocenters. The molecule has 1 N–H and O–H groups in total. The number of aromatic nitrogens is 2. The zero-order chi connectivity index (χ0) is 19.3. The highest BCUT2D eigenvalue weighted by molar-refractivity contribution is 5.95. The van der Waals surface area contributed by atoms with Crippen molar-refractivity contribution in [1.82, 2.24) is 24.9 Å². The minimum atomic E-state index is -4.62. The molecule has 0 unspecified atom stereocenters. The van der Waals surface area contributed by atoms with Crippen LogP contribution in [0.4, 0.5) is 13.2 Å². The van der Waals surface area contributed by atoms with Gasteiger partial charge in [0.15, 0.2) is 5.69 Å². The van der Waals surface area contributed by atoms with Crippen molar-refractivity contribution in [2.45, 2.75) is 39.4 Å². The number of rotatable bonds is 7. The minimum absolute atomic E-state index is 0.344. The highest BCUT2D eigenvalue weighted by Gasteiger charge is 2.40. The lowest BCUT2D eigenvalue weighted by molar-refractivity contribution is -0.145. The second-order valence-corrected chi connectivity index (χ2v) is 6.83. The summed E-state index contributed by atoms with van der Waals surface area (Å²) in [5.41, 5.74) is -1.40. The van der Waals surface area contributed by atoms with Crippen molar-refractivity contribution in [3.63, 3.8) is 0 Å². The molecule has 1 aromatic heterocycles. The number of halogens is 3. The number of piperazine rings is 1. The van der Waals surface area contributed by atoms with Crippen LogP contribution in [-0.2, 0) is 6.18 Å². The molecule has 0 aromatic carbocycles. The molecule has 0 radical (unpaired) electrons. The summed E-state index contributed by atoms with van der Waals surface area (Å²) in [5, 5.41) is 6.34. The summed E-state index contributed by atoms with van der Waals surface area (Å²) >= 11 is 0. The van der Waals surface area contributed by atoms with Gasteiger partial charge in [0.2, 0.25) is 0 Å². The first-order valence-electron chi connectivity index (χ1n) is 9.11. The third-order valence-corrected chi connectivity index (χ3v) is 4.65. The van der Waals surface area contributed by atoms with Gasteiger partial charge in [-0.15, -0.1) is 0 Å². The first-order valence-corrected chi connectivity index (χ1v) is 9.11. The first-order chi connectivity index (χ1) is 12.2. The number of carbonyl (C=O) groups excluding carboxylic acids is 1. The number of likely N-dealkylation sites (N-methyl/N-ethyl adjacent to an activating group) is 1. The van der Waals surface area contributed by atoms with Crippen molar-refractivity contribution in [2.75, 3.05) is 45.8 Å². The molecule has 6 nitrogen and oxygen atoms in total. The van der Waals surface area contributed by atoms with Gasteiger partial charge in [0.05, 0.1) is 11.8 Å². The van der Waals surface area contributed by atoms with Gasteiger partial charge in [-0.1, -0.05) is 6.92 Å². The summed E-state index contributed by atoms with van der Waals surface area (Å²) in [7, 11) is 0. The number of alkyl halides is 3. The van der Waals surface area contributed by atoms with E-state index in [1.807, 2.05) is 0 Å². The van der Waals surface area contributed by atoms with E-state index >= 15 is 0 Å². The molecule has 2 heterocycles. The van der Waals surface area contributed by atoms with Crippen LogP contribution in [0.1, 0.15) is 49.3 Å². The Morgan fingerprint density at radius 2 is 1.85 bits per heavy atom. The van der Waals surface area contributed by atoms with E-state index in [0.717, 1.165) is 50.1 Å². The van der Waals surface area contributed by atoms with Crippen molar-refractivity contribution < 1.29 is 18.0 Å². The molecule has 1 saturated heterocycles. The average Bonchev–Trinajstić information content (AvgIpc) is 3.05. The Morgan fingerprint density at radius 1 is 1.23 bits per heavy atom. The molecule has 1 aliphatic rings. The molecule has 1 fully saturated rings. The molecule has 2 rings (SSSR count). The molecule has 9 heteroatoms. The maximum absolute atomic E-state index is 13.3. The Morgan fingerprint density at radius 3 is 2.38 bits per heavy atom. The highest BCUT2D eigenvalue weighted by Crippen LogP contribution is 2.33. The molecule has 1 amide bonds. The number of carbonyl (C=O) groups is 1. The predicted molar refractivity (Wildman–Crippen MR) is 93.1 cm³/mol. The maximum Gasteiger partial charge on any atom is 0.433 e. The lowest BCUT2D eigenvalue weighted by Crippen LogP contribution is -2.46. The molecule has 0 saturated carbocycles. The third-order valence-electron chi connectivity index (χ3n) is 4.65. The van der Waals surface area contributed by atoms with Crippen LogP contribution in [0, 0.1) is 0 Å². The Labute approximate surface area is 152 Å². The molecular weight excluding hydrogens is 347 g/mol. The Kier molecular flexibility index (Phi) is 7.05. The fraction of sp³-hybridized carbons (Fsp3) is 0.765. The van der Waals surface area contributed by atoms with Crippen LogP contribution in [0.15, 0.2) is 6.20 Å². The van der Waals surface area contributed by atoms with Crippen LogP contribution in [-0.4, -0.2) is 71.3 Å². The predicted octanol–water partition coefficient (Wildman–Crippen LogP) is 2.24. The largest absolute Gasteiger partial charge is 0.433 e. The SMILES string of the molecule is CCN1CCN(CCCNC(=O)c2cnn(C(C)C)c2C(F)(F)F)CC1. The van der Waals surface area contributed by atoms with E-state index in [2.05, 4.69) is 27.1 Å². The first kappa shape index (κ1) is 20.7. The fourth-order valence-corrected chi connectivity index (χ4v) is 3.13. The Balaban J connectivity index is 1.85. The number of hydrogen-bond donors (Lipinski definition) is 1. The molecular formula is C17H28F3N5O. The van der Waals surface area contributed by atoms with Crippen LogP contribution < -0.4 is 5.32 Å². The zero-order valence-corrected chi connectivity index (χ0v) is 15.6. The molecule has 26 heavy (non-hydrogen) atoms. The van der Waals surface area contributed by atoms with Crippen molar-refractivity contribution >= 4 is 5.91 Å². The average molecular weight is 375 g/mol. The third kappa shape index (κ3) is 5.20. The summed E-state index contributed by atoms with van der Waals surface area (Å²) in [5.74, 6) is -0.722. The smallest absolute Gasteiger partial charge is 0.352 e. The van der Waals surface area contributed by atoms with Crippen LogP contribution in [0.3, 0.4) is 0 Å². The van der Waals surface area contributed by atoms with Crippen molar-refractivity contribution in [2.24, 2.45) is 0 Å². The van der Waals surface area contributed by atoms with E-state index in [9.17, 15) is 18.0 Å². The van der Waals surface area contributed by atoms with Crippen LogP contribution in [0.25, 0.3) is 0 Å².